The summed E-state index contributed by atoms with van der Waals surface area (Å²) in [6, 6.07) is 4.21. The highest BCUT2D eigenvalue weighted by molar-refractivity contribution is 7.89. The van der Waals surface area contributed by atoms with Gasteiger partial charge >= 0.3 is 0 Å². The molecule has 2 N–H and O–H groups in total. The first kappa shape index (κ1) is 21.6. The molecule has 0 unspecified atom stereocenters. The van der Waals surface area contributed by atoms with Crippen LogP contribution in [0.4, 0.5) is 0 Å². The monoisotopic (exact) mass is 427 g/mol. The fraction of sp³-hybridized carbons (Fsp3) is 0.650. The Morgan fingerprint density at radius 3 is 2.39 bits per heavy atom. The van der Waals surface area contributed by atoms with Crippen LogP contribution in [0.2, 0.25) is 5.02 Å². The number of rotatable bonds is 6. The van der Waals surface area contributed by atoms with Crippen molar-refractivity contribution in [2.24, 2.45) is 0 Å². The third-order valence-corrected chi connectivity index (χ3v) is 7.89. The summed E-state index contributed by atoms with van der Waals surface area (Å²) < 4.78 is 26.4. The molecule has 6 nitrogen and oxygen atoms in total. The number of carbonyl (C=O) groups excluding carboxylic acids is 1. The number of nitrogens with one attached hydrogen (secondary N) is 2. The summed E-state index contributed by atoms with van der Waals surface area (Å²) in [5.74, 6) is -0.319. The number of halogens is 1. The van der Waals surface area contributed by atoms with E-state index in [9.17, 15) is 13.2 Å². The predicted molar refractivity (Wildman–Crippen MR) is 111 cm³/mol. The first-order chi connectivity index (χ1) is 13.4. The largest absolute Gasteiger partial charge is 0.350 e. The Labute approximate surface area is 173 Å². The molecule has 0 spiro atoms. The van der Waals surface area contributed by atoms with E-state index in [1.165, 1.54) is 63.8 Å². The summed E-state index contributed by atoms with van der Waals surface area (Å²) in [7, 11) is -2.29. The third-order valence-electron chi connectivity index (χ3n) is 6.15. The lowest BCUT2D eigenvalue weighted by Gasteiger charge is -2.48. The van der Waals surface area contributed by atoms with Crippen LogP contribution in [0.25, 0.3) is 0 Å². The second-order valence-corrected chi connectivity index (χ2v) is 10.2. The highest BCUT2D eigenvalue weighted by Crippen LogP contribution is 2.35. The van der Waals surface area contributed by atoms with E-state index in [-0.39, 0.29) is 26.9 Å². The maximum atomic E-state index is 12.9. The number of amides is 1. The van der Waals surface area contributed by atoms with Crippen LogP contribution in [0, 0.1) is 0 Å². The molecule has 1 aliphatic carbocycles. The van der Waals surface area contributed by atoms with Gasteiger partial charge in [-0.25, -0.2) is 13.1 Å². The summed E-state index contributed by atoms with van der Waals surface area (Å²) in [5.41, 5.74) is 0.206. The minimum absolute atomic E-state index is 0.00939. The van der Waals surface area contributed by atoms with Crippen LogP contribution in [0.1, 0.15) is 61.7 Å². The molecule has 1 aromatic rings. The van der Waals surface area contributed by atoms with E-state index >= 15 is 0 Å². The van der Waals surface area contributed by atoms with Gasteiger partial charge in [0, 0.05) is 12.1 Å². The van der Waals surface area contributed by atoms with E-state index in [0.29, 0.717) is 6.54 Å². The van der Waals surface area contributed by atoms with Gasteiger partial charge in [-0.3, -0.25) is 9.69 Å². The van der Waals surface area contributed by atoms with Crippen molar-refractivity contribution in [1.82, 2.24) is 14.9 Å². The summed E-state index contributed by atoms with van der Waals surface area (Å²) in [5, 5.41) is 3.32. The molecule has 1 aromatic carbocycles. The van der Waals surface area contributed by atoms with Gasteiger partial charge in [0.15, 0.2) is 0 Å². The number of piperidine rings is 1. The molecule has 2 aliphatic rings. The standard InChI is InChI=1S/C20H30ClN3O3S/c1-22-28(26,27)16-8-9-18(21)17(14-16)19(25)23-15-20(10-4-2-5-11-20)24-12-6-3-7-13-24/h8-9,14,22H,2-7,10-13,15H2,1H3,(H,23,25). The van der Waals surface area contributed by atoms with Gasteiger partial charge in [-0.05, 0) is 64.0 Å². The zero-order chi connectivity index (χ0) is 20.2. The van der Waals surface area contributed by atoms with Crippen LogP contribution >= 0.6 is 11.6 Å². The van der Waals surface area contributed by atoms with Gasteiger partial charge in [0.05, 0.1) is 15.5 Å². The molecule has 1 saturated heterocycles. The van der Waals surface area contributed by atoms with E-state index in [4.69, 9.17) is 11.6 Å². The van der Waals surface area contributed by atoms with Crippen molar-refractivity contribution in [3.63, 3.8) is 0 Å². The molecular weight excluding hydrogens is 398 g/mol. The average molecular weight is 428 g/mol. The number of benzene rings is 1. The Balaban J connectivity index is 1.77. The van der Waals surface area contributed by atoms with Crippen LogP contribution < -0.4 is 10.0 Å². The lowest BCUT2D eigenvalue weighted by atomic mass is 9.79. The number of likely N-dealkylation sites (tertiary alicyclic amines) is 1. The smallest absolute Gasteiger partial charge is 0.252 e. The summed E-state index contributed by atoms with van der Waals surface area (Å²) >= 11 is 6.20. The summed E-state index contributed by atoms with van der Waals surface area (Å²) in [6.07, 6.45) is 9.51. The van der Waals surface area contributed by atoms with Gasteiger partial charge in [0.25, 0.3) is 5.91 Å². The topological polar surface area (TPSA) is 78.5 Å². The van der Waals surface area contributed by atoms with Crippen molar-refractivity contribution >= 4 is 27.5 Å². The summed E-state index contributed by atoms with van der Waals surface area (Å²) in [6.45, 7) is 2.75. The van der Waals surface area contributed by atoms with Gasteiger partial charge in [-0.2, -0.15) is 0 Å². The maximum Gasteiger partial charge on any atom is 0.252 e. The first-order valence-corrected chi connectivity index (χ1v) is 12.0. The van der Waals surface area contributed by atoms with Crippen LogP contribution in [-0.4, -0.2) is 51.4 Å². The number of sulfonamides is 1. The first-order valence-electron chi connectivity index (χ1n) is 10.1. The molecule has 156 valence electrons. The van der Waals surface area contributed by atoms with E-state index in [0.717, 1.165) is 25.9 Å². The molecule has 1 saturated carbocycles. The molecular formula is C20H30ClN3O3S. The minimum atomic E-state index is -3.63. The highest BCUT2D eigenvalue weighted by atomic mass is 35.5. The zero-order valence-electron chi connectivity index (χ0n) is 16.5. The van der Waals surface area contributed by atoms with Gasteiger partial charge in [0.1, 0.15) is 0 Å². The Kier molecular flexibility index (Phi) is 7.02. The molecule has 8 heteroatoms. The number of nitrogens with zero attached hydrogens (tertiary/aromatic N) is 1. The Morgan fingerprint density at radius 1 is 1.11 bits per heavy atom. The molecule has 0 atom stereocenters. The number of hydrogen-bond acceptors (Lipinski definition) is 4. The SMILES string of the molecule is CNS(=O)(=O)c1ccc(Cl)c(C(=O)NCC2(N3CCCCC3)CCCCC2)c1. The second-order valence-electron chi connectivity index (χ2n) is 7.86. The Hall–Kier alpha value is -1.15. The average Bonchev–Trinajstić information content (AvgIpc) is 2.73. The molecule has 0 bridgehead atoms. The van der Waals surface area contributed by atoms with Crippen molar-refractivity contribution in [3.8, 4) is 0 Å². The van der Waals surface area contributed by atoms with Gasteiger partial charge in [0.2, 0.25) is 10.0 Å². The van der Waals surface area contributed by atoms with E-state index in [1.807, 2.05) is 0 Å². The van der Waals surface area contributed by atoms with Gasteiger partial charge in [-0.15, -0.1) is 0 Å². The van der Waals surface area contributed by atoms with Crippen LogP contribution in [0.3, 0.4) is 0 Å². The second kappa shape index (κ2) is 9.11. The van der Waals surface area contributed by atoms with Crippen molar-refractivity contribution in [2.45, 2.75) is 61.8 Å². The Bertz CT molecular complexity index is 801. The Morgan fingerprint density at radius 2 is 1.75 bits per heavy atom. The van der Waals surface area contributed by atoms with Crippen molar-refractivity contribution in [2.75, 3.05) is 26.7 Å². The van der Waals surface area contributed by atoms with E-state index in [1.54, 1.807) is 0 Å². The van der Waals surface area contributed by atoms with Crippen LogP contribution in [0.15, 0.2) is 23.1 Å². The van der Waals surface area contributed by atoms with Crippen molar-refractivity contribution in [3.05, 3.63) is 28.8 Å². The molecule has 1 heterocycles. The predicted octanol–water partition coefficient (Wildman–Crippen LogP) is 3.17. The highest BCUT2D eigenvalue weighted by Gasteiger charge is 2.38. The molecule has 0 radical (unpaired) electrons. The number of carbonyl (C=O) groups is 1. The number of hydrogen-bond donors (Lipinski definition) is 2. The maximum absolute atomic E-state index is 12.9. The van der Waals surface area contributed by atoms with Crippen LogP contribution in [-0.2, 0) is 10.0 Å². The summed E-state index contributed by atoms with van der Waals surface area (Å²) in [4.78, 5) is 15.5. The zero-order valence-corrected chi connectivity index (χ0v) is 18.0. The molecule has 1 aliphatic heterocycles. The normalized spacial score (nSPS) is 20.6. The lowest BCUT2D eigenvalue weighted by Crippen LogP contribution is -2.58. The van der Waals surface area contributed by atoms with Crippen LogP contribution in [0.5, 0.6) is 0 Å². The fourth-order valence-corrected chi connectivity index (χ4v) is 5.45. The molecule has 1 amide bonds. The van der Waals surface area contributed by atoms with Gasteiger partial charge in [-0.1, -0.05) is 37.3 Å². The van der Waals surface area contributed by atoms with E-state index in [2.05, 4.69) is 14.9 Å². The lowest BCUT2D eigenvalue weighted by molar-refractivity contribution is 0.0326. The van der Waals surface area contributed by atoms with Crippen molar-refractivity contribution in [1.29, 1.82) is 0 Å². The molecule has 3 rings (SSSR count). The quantitative estimate of drug-likeness (QED) is 0.730. The minimum Gasteiger partial charge on any atom is -0.350 e. The van der Waals surface area contributed by atoms with Gasteiger partial charge < -0.3 is 5.32 Å². The molecule has 28 heavy (non-hydrogen) atoms. The fourth-order valence-electron chi connectivity index (χ4n) is 4.49. The van der Waals surface area contributed by atoms with Crippen molar-refractivity contribution < 1.29 is 13.2 Å². The third kappa shape index (κ3) is 4.70. The molecule has 0 aromatic heterocycles. The van der Waals surface area contributed by atoms with E-state index < -0.39 is 10.0 Å². The molecule has 2 fully saturated rings.